The molecular weight excluding hydrogens is 429 g/mol. The molecule has 7 nitrogen and oxygen atoms in total. The Hall–Kier alpha value is -1.81. The Balaban J connectivity index is 1.69. The van der Waals surface area contributed by atoms with E-state index in [-0.39, 0.29) is 23.0 Å². The molecule has 0 aliphatic carbocycles. The Kier molecular flexibility index (Phi) is 6.96. The third-order valence-corrected chi connectivity index (χ3v) is 7.39. The molecule has 0 bridgehead atoms. The number of rotatable bonds is 6. The van der Waals surface area contributed by atoms with Crippen molar-refractivity contribution in [2.24, 2.45) is 0 Å². The number of aryl methyl sites for hydroxylation is 1. The number of hydrogen-bond donors (Lipinski definition) is 0. The van der Waals surface area contributed by atoms with Gasteiger partial charge in [0.25, 0.3) is 10.2 Å². The zero-order chi connectivity index (χ0) is 22.1. The lowest BCUT2D eigenvalue weighted by atomic mass is 10.2. The van der Waals surface area contributed by atoms with Crippen molar-refractivity contribution in [1.82, 2.24) is 18.6 Å². The minimum atomic E-state index is -3.75. The summed E-state index contributed by atoms with van der Waals surface area (Å²) in [6.07, 6.45) is 0. The van der Waals surface area contributed by atoms with Gasteiger partial charge in [-0.05, 0) is 19.1 Å². The van der Waals surface area contributed by atoms with Crippen LogP contribution in [0.15, 0.2) is 24.3 Å². The van der Waals surface area contributed by atoms with Crippen molar-refractivity contribution in [1.29, 1.82) is 0 Å². The van der Waals surface area contributed by atoms with Gasteiger partial charge in [-0.3, -0.25) is 0 Å². The summed E-state index contributed by atoms with van der Waals surface area (Å²) in [5.41, 5.74) is 1.06. The zero-order valence-electron chi connectivity index (χ0n) is 17.6. The molecule has 0 N–H and O–H groups in total. The van der Waals surface area contributed by atoms with Crippen LogP contribution in [0, 0.1) is 12.7 Å². The van der Waals surface area contributed by atoms with Crippen molar-refractivity contribution < 1.29 is 12.8 Å². The Labute approximate surface area is 182 Å². The maximum Gasteiger partial charge on any atom is 0.282 e. The lowest BCUT2D eigenvalue weighted by Crippen LogP contribution is -2.52. The first-order chi connectivity index (χ1) is 14.1. The van der Waals surface area contributed by atoms with Gasteiger partial charge >= 0.3 is 0 Å². The highest BCUT2D eigenvalue weighted by Crippen LogP contribution is 2.24. The van der Waals surface area contributed by atoms with E-state index < -0.39 is 16.0 Å². The van der Waals surface area contributed by atoms with Crippen molar-refractivity contribution in [2.45, 2.75) is 33.2 Å². The van der Waals surface area contributed by atoms with Gasteiger partial charge in [0.15, 0.2) is 0 Å². The molecule has 2 aromatic rings. The summed E-state index contributed by atoms with van der Waals surface area (Å²) in [5, 5.41) is 0.210. The van der Waals surface area contributed by atoms with Gasteiger partial charge in [0, 0.05) is 68.0 Å². The summed E-state index contributed by atoms with van der Waals surface area (Å²) in [7, 11) is -2.31. The van der Waals surface area contributed by atoms with Crippen LogP contribution in [-0.2, 0) is 16.8 Å². The summed E-state index contributed by atoms with van der Waals surface area (Å²) in [4.78, 5) is 11.2. The Morgan fingerprint density at radius 3 is 2.47 bits per heavy atom. The molecule has 0 radical (unpaired) electrons. The van der Waals surface area contributed by atoms with Crippen LogP contribution in [0.3, 0.4) is 0 Å². The monoisotopic (exact) mass is 455 g/mol. The molecule has 3 rings (SSSR count). The van der Waals surface area contributed by atoms with E-state index in [9.17, 15) is 12.8 Å². The molecule has 1 aromatic carbocycles. The smallest absolute Gasteiger partial charge is 0.282 e. The van der Waals surface area contributed by atoms with E-state index in [0.29, 0.717) is 26.2 Å². The quantitative estimate of drug-likeness (QED) is 0.669. The van der Waals surface area contributed by atoms with Crippen molar-refractivity contribution in [3.05, 3.63) is 52.2 Å². The summed E-state index contributed by atoms with van der Waals surface area (Å²) in [5.74, 6) is 1.29. The largest absolute Gasteiger partial charge is 0.354 e. The van der Waals surface area contributed by atoms with Crippen LogP contribution >= 0.6 is 11.6 Å². The number of hydrogen-bond acceptors (Lipinski definition) is 5. The van der Waals surface area contributed by atoms with Crippen LogP contribution in [0.5, 0.6) is 0 Å². The molecular formula is C20H27ClFN5O2S. The fourth-order valence-corrected chi connectivity index (χ4v) is 4.86. The third-order valence-electron chi connectivity index (χ3n) is 5.10. The number of anilines is 1. The SMILES string of the molecule is Cc1cc(N2CCN(S(=O)(=O)N(C)Cc3c(F)cccc3Cl)CC2)nc(C(C)C)n1. The lowest BCUT2D eigenvalue weighted by molar-refractivity contribution is 0.338. The molecule has 1 aliphatic rings. The standard InChI is InChI=1S/C20H27ClFN5O2S/c1-14(2)20-23-15(3)12-19(24-20)26-8-10-27(11-9-26)30(28,29)25(4)13-16-17(21)6-5-7-18(16)22/h5-7,12,14H,8-11,13H2,1-4H3. The second-order valence-corrected chi connectivity index (χ2v) is 10.2. The van der Waals surface area contributed by atoms with Crippen LogP contribution in [0.4, 0.5) is 10.2 Å². The molecule has 1 saturated heterocycles. The highest BCUT2D eigenvalue weighted by Gasteiger charge is 2.31. The minimum Gasteiger partial charge on any atom is -0.354 e. The average molecular weight is 456 g/mol. The first-order valence-electron chi connectivity index (χ1n) is 9.84. The van der Waals surface area contributed by atoms with E-state index in [0.717, 1.165) is 21.6 Å². The topological polar surface area (TPSA) is 69.6 Å². The number of piperazine rings is 1. The maximum absolute atomic E-state index is 14.1. The Bertz CT molecular complexity index is 990. The van der Waals surface area contributed by atoms with Crippen molar-refractivity contribution in [3.63, 3.8) is 0 Å². The lowest BCUT2D eigenvalue weighted by Gasteiger charge is -2.36. The van der Waals surface area contributed by atoms with Crippen LogP contribution in [-0.4, -0.2) is 60.2 Å². The van der Waals surface area contributed by atoms with E-state index in [4.69, 9.17) is 11.6 Å². The Morgan fingerprint density at radius 2 is 1.87 bits per heavy atom. The third kappa shape index (κ3) is 4.91. The molecule has 1 aromatic heterocycles. The van der Waals surface area contributed by atoms with Crippen molar-refractivity contribution in [2.75, 3.05) is 38.1 Å². The number of nitrogens with zero attached hydrogens (tertiary/aromatic N) is 5. The van der Waals surface area contributed by atoms with E-state index in [1.807, 2.05) is 26.8 Å². The summed E-state index contributed by atoms with van der Waals surface area (Å²) in [6, 6.07) is 6.24. The maximum atomic E-state index is 14.1. The van der Waals surface area contributed by atoms with E-state index >= 15 is 0 Å². The average Bonchev–Trinajstić information content (AvgIpc) is 2.70. The molecule has 164 valence electrons. The molecule has 0 atom stereocenters. The highest BCUT2D eigenvalue weighted by molar-refractivity contribution is 7.86. The Morgan fingerprint density at radius 1 is 1.20 bits per heavy atom. The molecule has 0 unspecified atom stereocenters. The van der Waals surface area contributed by atoms with Gasteiger partial charge in [-0.2, -0.15) is 17.0 Å². The summed E-state index contributed by atoms with van der Waals surface area (Å²) >= 11 is 6.05. The number of aromatic nitrogens is 2. The first kappa shape index (κ1) is 22.9. The second-order valence-electron chi connectivity index (χ2n) is 7.73. The van der Waals surface area contributed by atoms with Crippen LogP contribution in [0.25, 0.3) is 0 Å². The normalized spacial score (nSPS) is 15.9. The van der Waals surface area contributed by atoms with Crippen LogP contribution < -0.4 is 4.90 Å². The summed E-state index contributed by atoms with van der Waals surface area (Å²) < 4.78 is 42.6. The van der Waals surface area contributed by atoms with Gasteiger partial charge in [-0.15, -0.1) is 0 Å². The zero-order valence-corrected chi connectivity index (χ0v) is 19.2. The molecule has 0 amide bonds. The van der Waals surface area contributed by atoms with Gasteiger partial charge in [-0.25, -0.2) is 14.4 Å². The van der Waals surface area contributed by atoms with Gasteiger partial charge < -0.3 is 4.90 Å². The molecule has 0 spiro atoms. The van der Waals surface area contributed by atoms with Crippen molar-refractivity contribution in [3.8, 4) is 0 Å². The van der Waals surface area contributed by atoms with Crippen LogP contribution in [0.2, 0.25) is 5.02 Å². The molecule has 10 heteroatoms. The predicted molar refractivity (Wildman–Crippen MR) is 116 cm³/mol. The summed E-state index contributed by atoms with van der Waals surface area (Å²) in [6.45, 7) is 7.55. The molecule has 2 heterocycles. The molecule has 0 saturated carbocycles. The van der Waals surface area contributed by atoms with Crippen LogP contribution in [0.1, 0.15) is 36.8 Å². The predicted octanol–water partition coefficient (Wildman–Crippen LogP) is 3.20. The van der Waals surface area contributed by atoms with Gasteiger partial charge in [0.1, 0.15) is 17.5 Å². The first-order valence-corrected chi connectivity index (χ1v) is 11.6. The molecule has 1 fully saturated rings. The number of halogens is 2. The van der Waals surface area contributed by atoms with E-state index in [1.54, 1.807) is 6.07 Å². The van der Waals surface area contributed by atoms with Gasteiger partial charge in [0.05, 0.1) is 0 Å². The highest BCUT2D eigenvalue weighted by atomic mass is 35.5. The minimum absolute atomic E-state index is 0.128. The fraction of sp³-hybridized carbons (Fsp3) is 0.500. The fourth-order valence-electron chi connectivity index (χ4n) is 3.33. The van der Waals surface area contributed by atoms with E-state index in [2.05, 4.69) is 14.9 Å². The molecule has 30 heavy (non-hydrogen) atoms. The second kappa shape index (κ2) is 9.13. The van der Waals surface area contributed by atoms with Gasteiger partial charge in [-0.1, -0.05) is 31.5 Å². The number of benzene rings is 1. The molecule has 1 aliphatic heterocycles. The van der Waals surface area contributed by atoms with Gasteiger partial charge in [0.2, 0.25) is 0 Å². The van der Waals surface area contributed by atoms with E-state index in [1.165, 1.54) is 23.5 Å². The van der Waals surface area contributed by atoms with Crippen molar-refractivity contribution >= 4 is 27.6 Å².